The molecular formula is C36H47N3O5. The molecule has 3 aromatic carbocycles. The normalized spacial score (nSPS) is 12.5. The van der Waals surface area contributed by atoms with Crippen molar-refractivity contribution in [3.8, 4) is 5.75 Å². The van der Waals surface area contributed by atoms with E-state index in [0.29, 0.717) is 24.4 Å². The van der Waals surface area contributed by atoms with E-state index in [1.54, 1.807) is 57.0 Å². The topological polar surface area (TPSA) is 97.0 Å². The molecule has 8 heteroatoms. The monoisotopic (exact) mass is 601 g/mol. The summed E-state index contributed by atoms with van der Waals surface area (Å²) in [6.45, 7) is 11.7. The number of alkyl carbamates (subject to hydrolysis) is 1. The summed E-state index contributed by atoms with van der Waals surface area (Å²) in [7, 11) is 1.58. The van der Waals surface area contributed by atoms with E-state index in [2.05, 4.69) is 17.6 Å². The Morgan fingerprint density at radius 1 is 0.864 bits per heavy atom. The Bertz CT molecular complexity index is 1360. The van der Waals surface area contributed by atoms with Crippen LogP contribution in [0.1, 0.15) is 75.3 Å². The lowest BCUT2D eigenvalue weighted by molar-refractivity contribution is -0.141. The van der Waals surface area contributed by atoms with Crippen molar-refractivity contribution in [3.05, 3.63) is 95.1 Å². The third kappa shape index (κ3) is 9.86. The van der Waals surface area contributed by atoms with Gasteiger partial charge in [-0.15, -0.1) is 0 Å². The van der Waals surface area contributed by atoms with Gasteiger partial charge in [0.25, 0.3) is 5.91 Å². The van der Waals surface area contributed by atoms with Gasteiger partial charge in [0.05, 0.1) is 7.11 Å². The van der Waals surface area contributed by atoms with Gasteiger partial charge in [0.15, 0.2) is 0 Å². The van der Waals surface area contributed by atoms with Crippen LogP contribution in [0.3, 0.4) is 0 Å². The molecule has 0 spiro atoms. The van der Waals surface area contributed by atoms with Gasteiger partial charge >= 0.3 is 6.09 Å². The number of hydrogen-bond acceptors (Lipinski definition) is 5. The fourth-order valence-corrected chi connectivity index (χ4v) is 5.17. The standard InChI is InChI=1S/C36H47N3O5/c1-8-9-13-23-39(34(41)30(24-27-17-11-10-12-18-27)38-35(42)44-36(4,5)6)32(31-25(2)15-14-16-26(31)3)33(40)37-28-19-21-29(43-7)22-20-28/h10-12,14-22,30,32H,8-9,13,23-24H2,1-7H3,(H,37,40)(H,38,42). The SMILES string of the molecule is CCCCCN(C(=O)C(Cc1ccccc1)NC(=O)OC(C)(C)C)C(C(=O)Nc1ccc(OC)cc1)c1c(C)cccc1C. The van der Waals surface area contributed by atoms with E-state index in [1.165, 1.54) is 0 Å². The maximum absolute atomic E-state index is 14.7. The molecule has 44 heavy (non-hydrogen) atoms. The summed E-state index contributed by atoms with van der Waals surface area (Å²) in [5.41, 5.74) is 3.27. The molecule has 0 aliphatic carbocycles. The summed E-state index contributed by atoms with van der Waals surface area (Å²) in [6, 6.07) is 20.5. The molecule has 0 radical (unpaired) electrons. The molecule has 0 aliphatic heterocycles. The molecule has 0 saturated carbocycles. The van der Waals surface area contributed by atoms with Crippen LogP contribution in [-0.2, 0) is 20.7 Å². The highest BCUT2D eigenvalue weighted by Crippen LogP contribution is 2.31. The van der Waals surface area contributed by atoms with Gasteiger partial charge in [-0.2, -0.15) is 0 Å². The van der Waals surface area contributed by atoms with Crippen LogP contribution in [0.2, 0.25) is 0 Å². The van der Waals surface area contributed by atoms with Crippen LogP contribution < -0.4 is 15.4 Å². The van der Waals surface area contributed by atoms with Crippen LogP contribution in [0.5, 0.6) is 5.75 Å². The Kier molecular flexibility index (Phi) is 12.4. The number of anilines is 1. The quantitative estimate of drug-likeness (QED) is 0.203. The number of amides is 3. The molecule has 0 aliphatic rings. The minimum Gasteiger partial charge on any atom is -0.497 e. The van der Waals surface area contributed by atoms with Crippen molar-refractivity contribution in [3.63, 3.8) is 0 Å². The van der Waals surface area contributed by atoms with Crippen LogP contribution in [-0.4, -0.2) is 48.1 Å². The van der Waals surface area contributed by atoms with Crippen molar-refractivity contribution >= 4 is 23.6 Å². The highest BCUT2D eigenvalue weighted by molar-refractivity contribution is 5.99. The maximum atomic E-state index is 14.7. The molecule has 0 bridgehead atoms. The third-order valence-corrected chi connectivity index (χ3v) is 7.29. The summed E-state index contributed by atoms with van der Waals surface area (Å²) >= 11 is 0. The van der Waals surface area contributed by atoms with Crippen LogP contribution in [0.4, 0.5) is 10.5 Å². The van der Waals surface area contributed by atoms with E-state index in [-0.39, 0.29) is 18.2 Å². The van der Waals surface area contributed by atoms with Gasteiger partial charge in [0.1, 0.15) is 23.4 Å². The summed E-state index contributed by atoms with van der Waals surface area (Å²) in [4.78, 5) is 43.6. The number of hydrogen-bond donors (Lipinski definition) is 2. The summed E-state index contributed by atoms with van der Waals surface area (Å²) in [5.74, 6) is -0.0240. The zero-order valence-electron chi connectivity index (χ0n) is 27.1. The molecule has 2 atom stereocenters. The number of ether oxygens (including phenoxy) is 2. The number of carbonyl (C=O) groups excluding carboxylic acids is 3. The number of unbranched alkanes of at least 4 members (excludes halogenated alkanes) is 2. The first kappa shape index (κ1) is 34.2. The molecule has 8 nitrogen and oxygen atoms in total. The van der Waals surface area contributed by atoms with Gasteiger partial charge < -0.3 is 25.0 Å². The van der Waals surface area contributed by atoms with Gasteiger partial charge in [-0.3, -0.25) is 9.59 Å². The minimum atomic E-state index is -0.963. The van der Waals surface area contributed by atoms with E-state index in [9.17, 15) is 14.4 Å². The second kappa shape index (κ2) is 15.9. The van der Waals surface area contributed by atoms with Gasteiger partial charge in [0, 0.05) is 18.7 Å². The van der Waals surface area contributed by atoms with E-state index in [0.717, 1.165) is 35.1 Å². The first-order valence-corrected chi connectivity index (χ1v) is 15.3. The number of nitrogens with one attached hydrogen (secondary N) is 2. The van der Waals surface area contributed by atoms with Gasteiger partial charge in [-0.25, -0.2) is 4.79 Å². The van der Waals surface area contributed by atoms with Crippen molar-refractivity contribution in [2.45, 2.75) is 84.9 Å². The molecule has 236 valence electrons. The number of methoxy groups -OCH3 is 1. The number of aryl methyl sites for hydroxylation is 2. The van der Waals surface area contributed by atoms with Crippen molar-refractivity contribution in [1.29, 1.82) is 0 Å². The number of rotatable bonds is 13. The molecule has 0 saturated heterocycles. The molecule has 3 amide bonds. The fraction of sp³-hybridized carbons (Fsp3) is 0.417. The molecule has 0 aromatic heterocycles. The van der Waals surface area contributed by atoms with Crippen LogP contribution in [0, 0.1) is 13.8 Å². The van der Waals surface area contributed by atoms with E-state index < -0.39 is 23.8 Å². The van der Waals surface area contributed by atoms with Gasteiger partial charge in [-0.1, -0.05) is 68.3 Å². The lowest BCUT2D eigenvalue weighted by atomic mass is 9.93. The molecular weight excluding hydrogens is 554 g/mol. The molecule has 0 fully saturated rings. The molecule has 0 heterocycles. The first-order chi connectivity index (χ1) is 20.9. The lowest BCUT2D eigenvalue weighted by Crippen LogP contribution is -2.53. The number of carbonyl (C=O) groups is 3. The predicted molar refractivity (Wildman–Crippen MR) is 175 cm³/mol. The first-order valence-electron chi connectivity index (χ1n) is 15.3. The van der Waals surface area contributed by atoms with Gasteiger partial charge in [-0.05, 0) is 87.6 Å². The third-order valence-electron chi connectivity index (χ3n) is 7.29. The minimum absolute atomic E-state index is 0.239. The van der Waals surface area contributed by atoms with E-state index in [1.807, 2.05) is 62.4 Å². The molecule has 2 unspecified atom stereocenters. The lowest BCUT2D eigenvalue weighted by Gasteiger charge is -2.36. The van der Waals surface area contributed by atoms with Gasteiger partial charge in [0.2, 0.25) is 5.91 Å². The van der Waals surface area contributed by atoms with E-state index in [4.69, 9.17) is 9.47 Å². The maximum Gasteiger partial charge on any atom is 0.408 e. The molecule has 3 rings (SSSR count). The van der Waals surface area contributed by atoms with E-state index >= 15 is 0 Å². The van der Waals surface area contributed by atoms with Crippen molar-refractivity contribution < 1.29 is 23.9 Å². The second-order valence-corrected chi connectivity index (χ2v) is 12.1. The highest BCUT2D eigenvalue weighted by atomic mass is 16.6. The zero-order valence-corrected chi connectivity index (χ0v) is 27.1. The average Bonchev–Trinajstić information content (AvgIpc) is 2.97. The van der Waals surface area contributed by atoms with Crippen molar-refractivity contribution in [2.24, 2.45) is 0 Å². The molecule has 2 N–H and O–H groups in total. The Labute approximate surface area is 262 Å². The fourth-order valence-electron chi connectivity index (χ4n) is 5.17. The average molecular weight is 602 g/mol. The number of benzene rings is 3. The Morgan fingerprint density at radius 3 is 2.07 bits per heavy atom. The largest absolute Gasteiger partial charge is 0.497 e. The Morgan fingerprint density at radius 2 is 1.50 bits per heavy atom. The summed E-state index contributed by atoms with van der Waals surface area (Å²) in [5, 5.41) is 5.86. The van der Waals surface area contributed by atoms with Crippen LogP contribution in [0.25, 0.3) is 0 Å². The highest BCUT2D eigenvalue weighted by Gasteiger charge is 2.37. The summed E-state index contributed by atoms with van der Waals surface area (Å²) < 4.78 is 10.8. The Balaban J connectivity index is 2.10. The zero-order chi connectivity index (χ0) is 32.3. The second-order valence-electron chi connectivity index (χ2n) is 12.1. The predicted octanol–water partition coefficient (Wildman–Crippen LogP) is 7.15. The van der Waals surface area contributed by atoms with Crippen LogP contribution >= 0.6 is 0 Å². The van der Waals surface area contributed by atoms with Crippen molar-refractivity contribution in [2.75, 3.05) is 19.0 Å². The number of nitrogens with zero attached hydrogens (tertiary/aromatic N) is 1. The summed E-state index contributed by atoms with van der Waals surface area (Å²) in [6.07, 6.45) is 2.07. The Hall–Kier alpha value is -4.33. The smallest absolute Gasteiger partial charge is 0.408 e. The van der Waals surface area contributed by atoms with Crippen molar-refractivity contribution in [1.82, 2.24) is 10.2 Å². The van der Waals surface area contributed by atoms with Crippen LogP contribution in [0.15, 0.2) is 72.8 Å². The molecule has 3 aromatic rings.